The zero-order valence-corrected chi connectivity index (χ0v) is 26.5. The number of amides is 4. The molecule has 6 atom stereocenters. The van der Waals surface area contributed by atoms with Crippen LogP contribution in [0.5, 0.6) is 11.5 Å². The van der Waals surface area contributed by atoms with Crippen LogP contribution >= 0.6 is 0 Å². The van der Waals surface area contributed by atoms with Crippen LogP contribution in [-0.2, 0) is 29.4 Å². The number of nitrogens with one attached hydrogen (secondary N) is 1. The molecule has 2 saturated heterocycles. The summed E-state index contributed by atoms with van der Waals surface area (Å²) >= 11 is 0. The quantitative estimate of drug-likeness (QED) is 0.241. The monoisotopic (exact) mass is 649 g/mol. The van der Waals surface area contributed by atoms with E-state index in [0.717, 1.165) is 15.5 Å². The van der Waals surface area contributed by atoms with Crippen molar-refractivity contribution in [3.63, 3.8) is 0 Å². The summed E-state index contributed by atoms with van der Waals surface area (Å²) in [5.74, 6) is -7.10. The molecule has 2 heterocycles. The van der Waals surface area contributed by atoms with Crippen molar-refractivity contribution in [3.05, 3.63) is 101 Å². The maximum absolute atomic E-state index is 15.2. The van der Waals surface area contributed by atoms with Gasteiger partial charge in [-0.15, -0.1) is 0 Å². The van der Waals surface area contributed by atoms with Crippen LogP contribution in [0.1, 0.15) is 41.9 Å². The second kappa shape index (κ2) is 11.7. The fourth-order valence-corrected chi connectivity index (χ4v) is 8.55. The van der Waals surface area contributed by atoms with E-state index in [1.807, 2.05) is 31.2 Å². The van der Waals surface area contributed by atoms with Gasteiger partial charge in [-0.05, 0) is 55.5 Å². The average Bonchev–Trinajstić information content (AvgIpc) is 3.45. The fourth-order valence-electron chi connectivity index (χ4n) is 8.55. The zero-order chi connectivity index (χ0) is 33.9. The molecular weight excluding hydrogens is 614 g/mol. The van der Waals surface area contributed by atoms with Crippen LogP contribution in [0.15, 0.2) is 84.4 Å². The molecule has 6 unspecified atom stereocenters. The van der Waals surface area contributed by atoms with Crippen molar-refractivity contribution in [1.82, 2.24) is 9.91 Å². The standard InChI is InChI=1S/C37H35N3O8/c1-20-11-13-22(14-12-20)38-40-34(45)26-19-25-23(15-16-24-30(25)35(46)39(33(24)44)18-17-29(42)43)32(31-27(41)9-6-10-28(31)48-2)37(26,36(40)47)21-7-4-3-5-8-21/h3-15,24-26,30,32,38,41H,16-19H2,1-2H3,(H,42,43). The molecule has 246 valence electrons. The summed E-state index contributed by atoms with van der Waals surface area (Å²) in [4.78, 5) is 69.8. The topological polar surface area (TPSA) is 154 Å². The number of imide groups is 2. The summed E-state index contributed by atoms with van der Waals surface area (Å²) in [5.41, 5.74) is 4.55. The first-order chi connectivity index (χ1) is 23.1. The smallest absolute Gasteiger partial charge is 0.305 e. The number of fused-ring (bicyclic) bond motifs is 4. The van der Waals surface area contributed by atoms with Gasteiger partial charge in [0.05, 0.1) is 42.4 Å². The first-order valence-electron chi connectivity index (χ1n) is 16.0. The second-order valence-electron chi connectivity index (χ2n) is 13.0. The van der Waals surface area contributed by atoms with Gasteiger partial charge >= 0.3 is 5.97 Å². The number of hydrazine groups is 1. The summed E-state index contributed by atoms with van der Waals surface area (Å²) in [6.45, 7) is 1.68. The number of anilines is 1. The van der Waals surface area contributed by atoms with E-state index in [4.69, 9.17) is 4.74 Å². The molecule has 0 aromatic heterocycles. The summed E-state index contributed by atoms with van der Waals surface area (Å²) < 4.78 is 5.78. The Morgan fingerprint density at radius 1 is 0.938 bits per heavy atom. The molecule has 11 heteroatoms. The van der Waals surface area contributed by atoms with Crippen molar-refractivity contribution in [3.8, 4) is 11.5 Å². The highest BCUT2D eigenvalue weighted by Gasteiger charge is 2.71. The first kappa shape index (κ1) is 31.2. The van der Waals surface area contributed by atoms with Gasteiger partial charge in [-0.2, -0.15) is 5.01 Å². The first-order valence-corrected chi connectivity index (χ1v) is 16.0. The van der Waals surface area contributed by atoms with Crippen LogP contribution in [-0.4, -0.2) is 63.4 Å². The summed E-state index contributed by atoms with van der Waals surface area (Å²) in [6.07, 6.45) is 1.76. The Balaban J connectivity index is 1.45. The number of hydrogen-bond acceptors (Lipinski definition) is 8. The van der Waals surface area contributed by atoms with Gasteiger partial charge in [0.1, 0.15) is 11.5 Å². The molecule has 11 nitrogen and oxygen atoms in total. The lowest BCUT2D eigenvalue weighted by Gasteiger charge is -2.50. The third-order valence-electron chi connectivity index (χ3n) is 10.6. The summed E-state index contributed by atoms with van der Waals surface area (Å²) in [7, 11) is 1.46. The number of carbonyl (C=O) groups is 5. The van der Waals surface area contributed by atoms with E-state index in [-0.39, 0.29) is 31.6 Å². The van der Waals surface area contributed by atoms with Crippen molar-refractivity contribution in [1.29, 1.82) is 0 Å². The number of aryl methyl sites for hydroxylation is 1. The highest BCUT2D eigenvalue weighted by atomic mass is 16.5. The minimum absolute atomic E-state index is 0.0801. The van der Waals surface area contributed by atoms with Crippen LogP contribution in [0.25, 0.3) is 0 Å². The van der Waals surface area contributed by atoms with Crippen molar-refractivity contribution < 1.29 is 38.9 Å². The number of allylic oxidation sites excluding steroid dienone is 2. The number of hydrogen-bond donors (Lipinski definition) is 3. The van der Waals surface area contributed by atoms with Gasteiger partial charge < -0.3 is 14.9 Å². The zero-order valence-electron chi connectivity index (χ0n) is 26.5. The Labute approximate surface area is 276 Å². The molecule has 7 rings (SSSR count). The Kier molecular flexibility index (Phi) is 7.57. The average molecular weight is 650 g/mol. The molecule has 4 aliphatic rings. The lowest BCUT2D eigenvalue weighted by Crippen LogP contribution is -2.53. The Hall–Kier alpha value is -5.45. The fraction of sp³-hybridized carbons (Fsp3) is 0.324. The van der Waals surface area contributed by atoms with E-state index >= 15 is 4.79 Å². The van der Waals surface area contributed by atoms with E-state index in [1.165, 1.54) is 13.2 Å². The van der Waals surface area contributed by atoms with Gasteiger partial charge in [-0.1, -0.05) is 65.7 Å². The molecule has 0 radical (unpaired) electrons. The lowest BCUT2D eigenvalue weighted by atomic mass is 9.49. The predicted octanol–water partition coefficient (Wildman–Crippen LogP) is 4.17. The van der Waals surface area contributed by atoms with Crippen LogP contribution in [0.2, 0.25) is 0 Å². The number of nitrogens with zero attached hydrogens (tertiary/aromatic N) is 2. The van der Waals surface area contributed by atoms with E-state index < -0.39 is 64.6 Å². The number of aliphatic carboxylic acids is 1. The van der Waals surface area contributed by atoms with Crippen LogP contribution in [0.4, 0.5) is 5.69 Å². The minimum Gasteiger partial charge on any atom is -0.508 e. The lowest BCUT2D eigenvalue weighted by molar-refractivity contribution is -0.143. The van der Waals surface area contributed by atoms with Crippen LogP contribution in [0, 0.1) is 30.6 Å². The van der Waals surface area contributed by atoms with Crippen LogP contribution < -0.4 is 10.2 Å². The largest absolute Gasteiger partial charge is 0.508 e. The third kappa shape index (κ3) is 4.51. The van der Waals surface area contributed by atoms with Crippen LogP contribution in [0.3, 0.4) is 0 Å². The number of aromatic hydroxyl groups is 1. The molecule has 3 fully saturated rings. The van der Waals surface area contributed by atoms with Gasteiger partial charge in [0.2, 0.25) is 11.8 Å². The molecule has 3 aromatic carbocycles. The molecule has 48 heavy (non-hydrogen) atoms. The van der Waals surface area contributed by atoms with E-state index in [1.54, 1.807) is 48.5 Å². The maximum Gasteiger partial charge on any atom is 0.305 e. The number of carbonyl (C=O) groups excluding carboxylic acids is 4. The van der Waals surface area contributed by atoms with Gasteiger partial charge in [-0.25, -0.2) is 0 Å². The molecule has 0 spiro atoms. The van der Waals surface area contributed by atoms with E-state index in [0.29, 0.717) is 28.1 Å². The van der Waals surface area contributed by atoms with Gasteiger partial charge in [-0.3, -0.25) is 34.3 Å². The number of benzene rings is 3. The van der Waals surface area contributed by atoms with Crippen molar-refractivity contribution in [2.75, 3.05) is 19.1 Å². The molecule has 3 N–H and O–H groups in total. The highest BCUT2D eigenvalue weighted by molar-refractivity contribution is 6.13. The Morgan fingerprint density at radius 2 is 1.67 bits per heavy atom. The number of likely N-dealkylation sites (tertiary alicyclic amines) is 1. The number of carboxylic acids is 1. The molecule has 2 aliphatic carbocycles. The third-order valence-corrected chi connectivity index (χ3v) is 10.6. The number of phenols is 1. The molecule has 3 aromatic rings. The molecule has 2 aliphatic heterocycles. The number of carboxylic acid groups (broad SMARTS) is 1. The van der Waals surface area contributed by atoms with E-state index in [2.05, 4.69) is 5.43 Å². The van der Waals surface area contributed by atoms with Gasteiger partial charge in [0.15, 0.2) is 0 Å². The van der Waals surface area contributed by atoms with Crippen molar-refractivity contribution in [2.45, 2.75) is 37.5 Å². The normalized spacial score (nSPS) is 27.7. The summed E-state index contributed by atoms with van der Waals surface area (Å²) in [6, 6.07) is 21.1. The van der Waals surface area contributed by atoms with Crippen molar-refractivity contribution >= 4 is 35.3 Å². The minimum atomic E-state index is -1.56. The van der Waals surface area contributed by atoms with Gasteiger partial charge in [0, 0.05) is 18.0 Å². The number of ether oxygens (including phenoxy) is 1. The number of phenolic OH excluding ortho intramolecular Hbond substituents is 1. The maximum atomic E-state index is 15.2. The Bertz CT molecular complexity index is 1870. The molecular formula is C37H35N3O8. The predicted molar refractivity (Wildman–Crippen MR) is 172 cm³/mol. The van der Waals surface area contributed by atoms with E-state index in [9.17, 15) is 29.4 Å². The second-order valence-corrected chi connectivity index (χ2v) is 13.0. The SMILES string of the molecule is COc1cccc(O)c1C1C2=CCC3C(=O)N(CCC(=O)O)C(=O)C3C2CC2C(=O)N(Nc3ccc(C)cc3)C(=O)C21c1ccccc1. The molecule has 1 saturated carbocycles. The van der Waals surface area contributed by atoms with Gasteiger partial charge in [0.25, 0.3) is 11.8 Å². The number of rotatable bonds is 8. The molecule has 0 bridgehead atoms. The highest BCUT2D eigenvalue weighted by Crippen LogP contribution is 2.65. The summed E-state index contributed by atoms with van der Waals surface area (Å²) in [5, 5.41) is 21.9. The van der Waals surface area contributed by atoms with Crippen molar-refractivity contribution in [2.24, 2.45) is 23.7 Å². The Morgan fingerprint density at radius 3 is 2.35 bits per heavy atom. The molecule has 4 amide bonds. The number of methoxy groups -OCH3 is 1.